The molecule has 1 fully saturated rings. The Morgan fingerprint density at radius 1 is 1.65 bits per heavy atom. The summed E-state index contributed by atoms with van der Waals surface area (Å²) in [4.78, 5) is 9.94. The van der Waals surface area contributed by atoms with Crippen LogP contribution in [-0.4, -0.2) is 45.7 Å². The topological polar surface area (TPSA) is 111 Å². The third-order valence-corrected chi connectivity index (χ3v) is 5.85. The van der Waals surface area contributed by atoms with Crippen LogP contribution in [0.15, 0.2) is 10.3 Å². The van der Waals surface area contributed by atoms with Crippen LogP contribution >= 0.6 is 22.9 Å². The van der Waals surface area contributed by atoms with Crippen LogP contribution in [-0.2, 0) is 14.8 Å². The molecule has 0 amide bonds. The van der Waals surface area contributed by atoms with E-state index in [0.717, 1.165) is 12.6 Å². The van der Waals surface area contributed by atoms with Crippen LogP contribution in [0, 0.1) is 10.1 Å². The second kappa shape index (κ2) is 6.33. The summed E-state index contributed by atoms with van der Waals surface area (Å²) in [6.45, 7) is 1.89. The van der Waals surface area contributed by atoms with Crippen molar-refractivity contribution in [2.45, 2.75) is 10.3 Å². The highest BCUT2D eigenvalue weighted by Gasteiger charge is 2.26. The van der Waals surface area contributed by atoms with Gasteiger partial charge in [-0.25, -0.2) is 13.1 Å². The van der Waals surface area contributed by atoms with Crippen molar-refractivity contribution in [2.24, 2.45) is 0 Å². The summed E-state index contributed by atoms with van der Waals surface area (Å²) in [5.74, 6) is 0. The number of rotatable bonds is 5. The highest BCUT2D eigenvalue weighted by molar-refractivity contribution is 7.91. The summed E-state index contributed by atoms with van der Waals surface area (Å²) >= 11 is 6.30. The minimum absolute atomic E-state index is 0.0959. The molecule has 1 saturated heterocycles. The molecular weight excluding hydrogens is 330 g/mol. The number of thiophene rings is 1. The zero-order valence-corrected chi connectivity index (χ0v) is 12.6. The van der Waals surface area contributed by atoms with Crippen LogP contribution in [0.4, 0.5) is 5.69 Å². The van der Waals surface area contributed by atoms with Crippen LogP contribution in [0.2, 0.25) is 4.34 Å². The fourth-order valence-electron chi connectivity index (χ4n) is 1.62. The molecular formula is C9H12ClN3O5S2. The molecule has 0 spiro atoms. The van der Waals surface area contributed by atoms with E-state index in [1.54, 1.807) is 0 Å². The largest absolute Gasteiger partial charge is 0.374 e. The number of nitrogens with one attached hydrogen (secondary N) is 2. The van der Waals surface area contributed by atoms with Gasteiger partial charge in [0.2, 0.25) is 10.0 Å². The van der Waals surface area contributed by atoms with Crippen molar-refractivity contribution < 1.29 is 18.1 Å². The average Bonchev–Trinajstić information content (AvgIpc) is 2.81. The van der Waals surface area contributed by atoms with Gasteiger partial charge in [0.1, 0.15) is 4.21 Å². The van der Waals surface area contributed by atoms with Crippen molar-refractivity contribution in [3.8, 4) is 0 Å². The Kier molecular flexibility index (Phi) is 4.94. The molecule has 112 valence electrons. The lowest BCUT2D eigenvalue weighted by Crippen LogP contribution is -2.45. The Morgan fingerprint density at radius 3 is 2.95 bits per heavy atom. The summed E-state index contributed by atoms with van der Waals surface area (Å²) < 4.78 is 31.4. The SMILES string of the molecule is O=[N+]([O-])c1cc(S(=O)(=O)NCC2CNCCO2)sc1Cl. The van der Waals surface area contributed by atoms with Crippen molar-refractivity contribution >= 4 is 38.6 Å². The summed E-state index contributed by atoms with van der Waals surface area (Å²) in [7, 11) is -3.82. The number of nitro groups is 1. The van der Waals surface area contributed by atoms with Crippen molar-refractivity contribution in [3.05, 3.63) is 20.5 Å². The van der Waals surface area contributed by atoms with Gasteiger partial charge in [-0.1, -0.05) is 11.6 Å². The maximum absolute atomic E-state index is 12.0. The summed E-state index contributed by atoms with van der Waals surface area (Å²) in [5, 5.41) is 13.7. The molecule has 0 aliphatic carbocycles. The number of hydrogen-bond donors (Lipinski definition) is 2. The van der Waals surface area contributed by atoms with Gasteiger partial charge in [-0.2, -0.15) is 0 Å². The fourth-order valence-corrected chi connectivity index (χ4v) is 4.40. The zero-order chi connectivity index (χ0) is 14.8. The van der Waals surface area contributed by atoms with Gasteiger partial charge in [-0.05, 0) is 0 Å². The Balaban J connectivity index is 2.06. The van der Waals surface area contributed by atoms with E-state index in [9.17, 15) is 18.5 Å². The van der Waals surface area contributed by atoms with Gasteiger partial charge in [0.15, 0.2) is 4.34 Å². The molecule has 8 nitrogen and oxygen atoms in total. The Bertz CT molecular complexity index is 597. The molecule has 11 heteroatoms. The van der Waals surface area contributed by atoms with Crippen molar-refractivity contribution in [1.82, 2.24) is 10.0 Å². The first kappa shape index (κ1) is 15.6. The lowest BCUT2D eigenvalue weighted by atomic mass is 10.3. The van der Waals surface area contributed by atoms with Crippen LogP contribution in [0.3, 0.4) is 0 Å². The van der Waals surface area contributed by atoms with Crippen LogP contribution < -0.4 is 10.0 Å². The molecule has 1 aliphatic heterocycles. The van der Waals surface area contributed by atoms with E-state index in [-0.39, 0.29) is 21.2 Å². The molecule has 0 bridgehead atoms. The van der Waals surface area contributed by atoms with Gasteiger partial charge >= 0.3 is 0 Å². The second-order valence-corrected chi connectivity index (χ2v) is 7.68. The molecule has 2 heterocycles. The minimum Gasteiger partial charge on any atom is -0.374 e. The van der Waals surface area contributed by atoms with Crippen molar-refractivity contribution in [2.75, 3.05) is 26.2 Å². The maximum atomic E-state index is 12.0. The van der Waals surface area contributed by atoms with Gasteiger partial charge in [-0.15, -0.1) is 11.3 Å². The van der Waals surface area contributed by atoms with Crippen LogP contribution in [0.5, 0.6) is 0 Å². The monoisotopic (exact) mass is 341 g/mol. The first-order valence-corrected chi connectivity index (χ1v) is 8.33. The number of nitrogens with zero attached hydrogens (tertiary/aromatic N) is 1. The van der Waals surface area contributed by atoms with E-state index in [0.29, 0.717) is 24.5 Å². The van der Waals surface area contributed by atoms with Crippen molar-refractivity contribution in [3.63, 3.8) is 0 Å². The van der Waals surface area contributed by atoms with E-state index < -0.39 is 20.6 Å². The Labute approximate surface area is 124 Å². The summed E-state index contributed by atoms with van der Waals surface area (Å²) in [6, 6.07) is 0.954. The molecule has 1 unspecified atom stereocenters. The number of ether oxygens (including phenoxy) is 1. The predicted octanol–water partition coefficient (Wildman–Crippen LogP) is 0.576. The van der Waals surface area contributed by atoms with Crippen LogP contribution in [0.25, 0.3) is 0 Å². The summed E-state index contributed by atoms with van der Waals surface area (Å²) in [6.07, 6.45) is -0.260. The zero-order valence-electron chi connectivity index (χ0n) is 10.2. The first-order valence-electron chi connectivity index (χ1n) is 5.66. The van der Waals surface area contributed by atoms with E-state index in [2.05, 4.69) is 10.0 Å². The first-order chi connectivity index (χ1) is 9.40. The molecule has 20 heavy (non-hydrogen) atoms. The maximum Gasteiger partial charge on any atom is 0.300 e. The molecule has 0 saturated carbocycles. The van der Waals surface area contributed by atoms with Gasteiger partial charge in [-0.3, -0.25) is 10.1 Å². The smallest absolute Gasteiger partial charge is 0.300 e. The van der Waals surface area contributed by atoms with Crippen molar-refractivity contribution in [1.29, 1.82) is 0 Å². The number of hydrogen-bond acceptors (Lipinski definition) is 7. The van der Waals surface area contributed by atoms with Gasteiger partial charge in [0.25, 0.3) is 5.69 Å². The molecule has 1 aliphatic rings. The Morgan fingerprint density at radius 2 is 2.40 bits per heavy atom. The second-order valence-electron chi connectivity index (χ2n) is 4.03. The standard InChI is InChI=1S/C9H12ClN3O5S2/c10-9-7(13(14)15)3-8(19-9)20(16,17)12-5-6-4-11-1-2-18-6/h3,6,11-12H,1-2,4-5H2. The van der Waals surface area contributed by atoms with Crippen LogP contribution in [0.1, 0.15) is 0 Å². The molecule has 2 rings (SSSR count). The quantitative estimate of drug-likeness (QED) is 0.598. The average molecular weight is 342 g/mol. The lowest BCUT2D eigenvalue weighted by molar-refractivity contribution is -0.384. The molecule has 0 aromatic carbocycles. The number of halogens is 1. The molecule has 2 N–H and O–H groups in total. The van der Waals surface area contributed by atoms with E-state index in [4.69, 9.17) is 16.3 Å². The third kappa shape index (κ3) is 3.65. The molecule has 1 aromatic rings. The third-order valence-electron chi connectivity index (χ3n) is 2.61. The highest BCUT2D eigenvalue weighted by atomic mass is 35.5. The van der Waals surface area contributed by atoms with E-state index in [1.807, 2.05) is 0 Å². The number of sulfonamides is 1. The van der Waals surface area contributed by atoms with E-state index >= 15 is 0 Å². The fraction of sp³-hybridized carbons (Fsp3) is 0.556. The predicted molar refractivity (Wildman–Crippen MR) is 73.8 cm³/mol. The molecule has 1 atom stereocenters. The number of morpholine rings is 1. The normalized spacial score (nSPS) is 19.9. The van der Waals surface area contributed by atoms with E-state index in [1.165, 1.54) is 0 Å². The summed E-state index contributed by atoms with van der Waals surface area (Å²) in [5.41, 5.74) is -0.410. The Hall–Kier alpha value is -0.780. The molecule has 1 aromatic heterocycles. The van der Waals surface area contributed by atoms with Gasteiger partial charge in [0.05, 0.1) is 17.6 Å². The molecule has 0 radical (unpaired) electrons. The van der Waals surface area contributed by atoms with Gasteiger partial charge < -0.3 is 10.1 Å². The lowest BCUT2D eigenvalue weighted by Gasteiger charge is -2.23. The minimum atomic E-state index is -3.82. The highest BCUT2D eigenvalue weighted by Crippen LogP contribution is 2.36. The van der Waals surface area contributed by atoms with Gasteiger partial charge in [0, 0.05) is 25.7 Å².